The van der Waals surface area contributed by atoms with Crippen molar-refractivity contribution in [1.29, 1.82) is 0 Å². The van der Waals surface area contributed by atoms with E-state index in [0.29, 0.717) is 17.5 Å². The van der Waals surface area contributed by atoms with E-state index in [9.17, 15) is 0 Å². The highest BCUT2D eigenvalue weighted by molar-refractivity contribution is 6.29. The summed E-state index contributed by atoms with van der Waals surface area (Å²) in [6.07, 6.45) is 4.41. The van der Waals surface area contributed by atoms with E-state index in [1.807, 2.05) is 12.3 Å². The lowest BCUT2D eigenvalue weighted by molar-refractivity contribution is 0.924. The van der Waals surface area contributed by atoms with Crippen LogP contribution >= 0.6 is 11.6 Å². The highest BCUT2D eigenvalue weighted by Gasteiger charge is 2.09. The zero-order valence-electron chi connectivity index (χ0n) is 11.5. The second-order valence-corrected chi connectivity index (χ2v) is 5.05. The molecule has 0 aliphatic rings. The van der Waals surface area contributed by atoms with Crippen LogP contribution in [0.3, 0.4) is 0 Å². The minimum absolute atomic E-state index is 0.440. The Morgan fingerprint density at radius 3 is 2.90 bits per heavy atom. The number of nitrogen functional groups attached to an aromatic ring is 1. The van der Waals surface area contributed by atoms with E-state index in [1.165, 1.54) is 0 Å². The van der Waals surface area contributed by atoms with Gasteiger partial charge in [0.1, 0.15) is 16.8 Å². The largest absolute Gasteiger partial charge is 0.384 e. The van der Waals surface area contributed by atoms with Crippen LogP contribution in [-0.4, -0.2) is 19.6 Å². The van der Waals surface area contributed by atoms with Crippen molar-refractivity contribution < 1.29 is 0 Å². The number of anilines is 2. The van der Waals surface area contributed by atoms with Crippen molar-refractivity contribution >= 4 is 28.9 Å². The maximum atomic E-state index is 6.09. The summed E-state index contributed by atoms with van der Waals surface area (Å²) in [6.45, 7) is 2.66. The van der Waals surface area contributed by atoms with Gasteiger partial charge in [0, 0.05) is 24.4 Å². The normalized spacial score (nSPS) is 11.0. The molecule has 0 spiro atoms. The van der Waals surface area contributed by atoms with Crippen molar-refractivity contribution in [2.24, 2.45) is 0 Å². The predicted octanol–water partition coefficient (Wildman–Crippen LogP) is 2.53. The number of nitrogens with one attached hydrogen (secondary N) is 1. The van der Waals surface area contributed by atoms with Crippen molar-refractivity contribution in [3.63, 3.8) is 0 Å². The molecular weight excluding hydrogens is 288 g/mol. The molecule has 3 aromatic rings. The first-order chi connectivity index (χ1) is 10.2. The molecule has 0 aromatic carbocycles. The van der Waals surface area contributed by atoms with Gasteiger partial charge in [-0.25, -0.2) is 9.97 Å². The fraction of sp³-hybridized carbons (Fsp3) is 0.214. The summed E-state index contributed by atoms with van der Waals surface area (Å²) in [5.74, 6) is 1.30. The Balaban J connectivity index is 1.89. The molecule has 3 heterocycles. The first-order valence-electron chi connectivity index (χ1n) is 6.65. The SMILES string of the molecule is CCc1cnn2c(NCc3ccc(N)nc3)cc(Cl)nc12. The van der Waals surface area contributed by atoms with Crippen LogP contribution < -0.4 is 11.1 Å². The van der Waals surface area contributed by atoms with Crippen LogP contribution in [0.2, 0.25) is 5.15 Å². The molecule has 0 bridgehead atoms. The zero-order chi connectivity index (χ0) is 14.8. The van der Waals surface area contributed by atoms with Gasteiger partial charge >= 0.3 is 0 Å². The summed E-state index contributed by atoms with van der Waals surface area (Å²) in [7, 11) is 0. The van der Waals surface area contributed by atoms with E-state index < -0.39 is 0 Å². The second kappa shape index (κ2) is 5.57. The maximum absolute atomic E-state index is 6.09. The molecule has 7 heteroatoms. The molecule has 6 nitrogen and oxygen atoms in total. The number of nitrogens with two attached hydrogens (primary N) is 1. The molecule has 0 amide bonds. The zero-order valence-corrected chi connectivity index (χ0v) is 12.3. The number of halogens is 1. The third kappa shape index (κ3) is 2.75. The minimum atomic E-state index is 0.440. The quantitative estimate of drug-likeness (QED) is 0.724. The monoisotopic (exact) mass is 302 g/mol. The summed E-state index contributed by atoms with van der Waals surface area (Å²) < 4.78 is 1.76. The maximum Gasteiger partial charge on any atom is 0.162 e. The fourth-order valence-electron chi connectivity index (χ4n) is 2.09. The van der Waals surface area contributed by atoms with Crippen LogP contribution in [0.1, 0.15) is 18.1 Å². The summed E-state index contributed by atoms with van der Waals surface area (Å²) in [4.78, 5) is 8.40. The topological polar surface area (TPSA) is 81.1 Å². The van der Waals surface area contributed by atoms with Crippen molar-refractivity contribution in [1.82, 2.24) is 19.6 Å². The van der Waals surface area contributed by atoms with Crippen LogP contribution in [0.25, 0.3) is 5.65 Å². The Labute approximate surface area is 127 Å². The molecule has 0 aliphatic carbocycles. The molecule has 0 radical (unpaired) electrons. The molecule has 0 saturated heterocycles. The molecule has 0 aliphatic heterocycles. The van der Waals surface area contributed by atoms with Crippen molar-refractivity contribution in [2.45, 2.75) is 19.9 Å². The standard InChI is InChI=1S/C14H15ClN6/c1-2-10-8-19-21-13(5-11(15)20-14(10)21)18-7-9-3-4-12(16)17-6-9/h3-6,8,18H,2,7H2,1H3,(H2,16,17). The Morgan fingerprint density at radius 2 is 2.19 bits per heavy atom. The Bertz CT molecular complexity index is 765. The van der Waals surface area contributed by atoms with Gasteiger partial charge in [0.25, 0.3) is 0 Å². The summed E-state index contributed by atoms with van der Waals surface area (Å²) in [6, 6.07) is 5.46. The number of aromatic nitrogens is 4. The lowest BCUT2D eigenvalue weighted by Crippen LogP contribution is -2.06. The summed E-state index contributed by atoms with van der Waals surface area (Å²) in [5.41, 5.74) is 8.44. The van der Waals surface area contributed by atoms with E-state index >= 15 is 0 Å². The average Bonchev–Trinajstić information content (AvgIpc) is 2.89. The van der Waals surface area contributed by atoms with E-state index in [0.717, 1.165) is 29.0 Å². The minimum Gasteiger partial charge on any atom is -0.384 e. The Hall–Kier alpha value is -2.34. The summed E-state index contributed by atoms with van der Waals surface area (Å²) in [5, 5.41) is 8.09. The molecule has 108 valence electrons. The highest BCUT2D eigenvalue weighted by Crippen LogP contribution is 2.19. The average molecular weight is 303 g/mol. The number of rotatable bonds is 4. The van der Waals surface area contributed by atoms with Crippen LogP contribution in [0, 0.1) is 0 Å². The van der Waals surface area contributed by atoms with E-state index in [2.05, 4.69) is 27.3 Å². The number of hydrogen-bond acceptors (Lipinski definition) is 5. The van der Waals surface area contributed by atoms with Gasteiger partial charge in [-0.05, 0) is 18.1 Å². The first kappa shape index (κ1) is 13.6. The molecule has 21 heavy (non-hydrogen) atoms. The number of hydrogen-bond donors (Lipinski definition) is 2. The van der Waals surface area contributed by atoms with Gasteiger partial charge in [-0.15, -0.1) is 0 Å². The molecule has 0 atom stereocenters. The second-order valence-electron chi connectivity index (χ2n) is 4.67. The fourth-order valence-corrected chi connectivity index (χ4v) is 2.27. The molecule has 3 rings (SSSR count). The van der Waals surface area contributed by atoms with Crippen molar-refractivity contribution in [3.8, 4) is 0 Å². The van der Waals surface area contributed by atoms with Gasteiger partial charge in [-0.3, -0.25) is 0 Å². The Morgan fingerprint density at radius 1 is 1.33 bits per heavy atom. The molecule has 3 aromatic heterocycles. The molecule has 3 N–H and O–H groups in total. The smallest absolute Gasteiger partial charge is 0.162 e. The highest BCUT2D eigenvalue weighted by atomic mass is 35.5. The van der Waals surface area contributed by atoms with Gasteiger partial charge in [-0.2, -0.15) is 9.61 Å². The van der Waals surface area contributed by atoms with Crippen LogP contribution in [0.5, 0.6) is 0 Å². The molecule has 0 saturated carbocycles. The van der Waals surface area contributed by atoms with Gasteiger partial charge in [0.2, 0.25) is 0 Å². The Kier molecular flexibility index (Phi) is 3.62. The van der Waals surface area contributed by atoms with Crippen LogP contribution in [0.15, 0.2) is 30.6 Å². The van der Waals surface area contributed by atoms with Gasteiger partial charge in [0.15, 0.2) is 5.65 Å². The van der Waals surface area contributed by atoms with Gasteiger partial charge < -0.3 is 11.1 Å². The van der Waals surface area contributed by atoms with Gasteiger partial charge in [0.05, 0.1) is 6.20 Å². The van der Waals surface area contributed by atoms with Gasteiger partial charge in [-0.1, -0.05) is 24.6 Å². The van der Waals surface area contributed by atoms with Crippen LogP contribution in [0.4, 0.5) is 11.6 Å². The van der Waals surface area contributed by atoms with Crippen molar-refractivity contribution in [3.05, 3.63) is 46.9 Å². The summed E-state index contributed by atoms with van der Waals surface area (Å²) >= 11 is 6.09. The number of aryl methyl sites for hydroxylation is 1. The van der Waals surface area contributed by atoms with E-state index in [1.54, 1.807) is 22.8 Å². The first-order valence-corrected chi connectivity index (χ1v) is 7.02. The lowest BCUT2D eigenvalue weighted by atomic mass is 10.2. The molecule has 0 fully saturated rings. The van der Waals surface area contributed by atoms with Crippen molar-refractivity contribution in [2.75, 3.05) is 11.1 Å². The molecule has 0 unspecified atom stereocenters. The molecular formula is C14H15ClN6. The lowest BCUT2D eigenvalue weighted by Gasteiger charge is -2.09. The number of nitrogens with zero attached hydrogens (tertiary/aromatic N) is 4. The van der Waals surface area contributed by atoms with Crippen LogP contribution in [-0.2, 0) is 13.0 Å². The third-order valence-electron chi connectivity index (χ3n) is 3.22. The number of fused-ring (bicyclic) bond motifs is 1. The predicted molar refractivity (Wildman–Crippen MR) is 83.4 cm³/mol. The number of pyridine rings is 1. The van der Waals surface area contributed by atoms with E-state index in [4.69, 9.17) is 17.3 Å². The third-order valence-corrected chi connectivity index (χ3v) is 3.41. The van der Waals surface area contributed by atoms with E-state index in [-0.39, 0.29) is 0 Å².